The van der Waals surface area contributed by atoms with Crippen LogP contribution in [0.5, 0.6) is 0 Å². The Morgan fingerprint density at radius 3 is 3.00 bits per heavy atom. The molecule has 5 heteroatoms. The van der Waals surface area contributed by atoms with Gasteiger partial charge in [-0.25, -0.2) is 4.39 Å². The van der Waals surface area contributed by atoms with Gasteiger partial charge in [0.1, 0.15) is 5.82 Å². The Bertz CT molecular complexity index is 495. The number of rotatable bonds is 4. The summed E-state index contributed by atoms with van der Waals surface area (Å²) in [5.41, 5.74) is 1.05. The van der Waals surface area contributed by atoms with E-state index in [1.807, 2.05) is 6.07 Å². The van der Waals surface area contributed by atoms with E-state index in [1.54, 1.807) is 6.07 Å². The first kappa shape index (κ1) is 12.5. The molecule has 1 aromatic carbocycles. The van der Waals surface area contributed by atoms with Gasteiger partial charge in [0.25, 0.3) is 0 Å². The molecule has 0 spiro atoms. The SMILES string of the molecule is N#Cc1cc(F)cc(CNCC2CCC(=O)N2)c1. The molecule has 1 aromatic rings. The molecule has 18 heavy (non-hydrogen) atoms. The van der Waals surface area contributed by atoms with Gasteiger partial charge in [0.15, 0.2) is 0 Å². The van der Waals surface area contributed by atoms with E-state index in [-0.39, 0.29) is 11.9 Å². The minimum Gasteiger partial charge on any atom is -0.352 e. The third-order valence-corrected chi connectivity index (χ3v) is 2.89. The fourth-order valence-electron chi connectivity index (χ4n) is 2.04. The molecule has 1 saturated heterocycles. The number of halogens is 1. The Balaban J connectivity index is 1.85. The van der Waals surface area contributed by atoms with Crippen molar-refractivity contribution in [1.82, 2.24) is 10.6 Å². The van der Waals surface area contributed by atoms with Crippen molar-refractivity contribution in [3.05, 3.63) is 35.1 Å². The van der Waals surface area contributed by atoms with E-state index < -0.39 is 5.82 Å². The highest BCUT2D eigenvalue weighted by molar-refractivity contribution is 5.78. The molecular weight excluding hydrogens is 233 g/mol. The van der Waals surface area contributed by atoms with Gasteiger partial charge in [-0.15, -0.1) is 0 Å². The van der Waals surface area contributed by atoms with Gasteiger partial charge >= 0.3 is 0 Å². The largest absolute Gasteiger partial charge is 0.352 e. The van der Waals surface area contributed by atoms with Crippen molar-refractivity contribution >= 4 is 5.91 Å². The van der Waals surface area contributed by atoms with Gasteiger partial charge < -0.3 is 10.6 Å². The Kier molecular flexibility index (Phi) is 3.90. The molecule has 1 heterocycles. The highest BCUT2D eigenvalue weighted by Crippen LogP contribution is 2.09. The van der Waals surface area contributed by atoms with Crippen molar-refractivity contribution in [2.45, 2.75) is 25.4 Å². The average Bonchev–Trinajstić information content (AvgIpc) is 2.74. The summed E-state index contributed by atoms with van der Waals surface area (Å²) in [5.74, 6) is -0.320. The van der Waals surface area contributed by atoms with Gasteiger partial charge in [0, 0.05) is 25.6 Å². The highest BCUT2D eigenvalue weighted by Gasteiger charge is 2.19. The Hall–Kier alpha value is -1.93. The summed E-state index contributed by atoms with van der Waals surface area (Å²) in [4.78, 5) is 11.0. The van der Waals surface area contributed by atoms with Gasteiger partial charge in [0.2, 0.25) is 5.91 Å². The lowest BCUT2D eigenvalue weighted by atomic mass is 10.1. The molecule has 1 fully saturated rings. The van der Waals surface area contributed by atoms with Gasteiger partial charge in [0.05, 0.1) is 11.6 Å². The van der Waals surface area contributed by atoms with Crippen LogP contribution in [-0.4, -0.2) is 18.5 Å². The molecule has 1 atom stereocenters. The number of amides is 1. The van der Waals surface area contributed by atoms with E-state index in [0.717, 1.165) is 12.0 Å². The van der Waals surface area contributed by atoms with Crippen molar-refractivity contribution in [3.63, 3.8) is 0 Å². The molecule has 4 nitrogen and oxygen atoms in total. The predicted molar refractivity (Wildman–Crippen MR) is 64.0 cm³/mol. The highest BCUT2D eigenvalue weighted by atomic mass is 19.1. The van der Waals surface area contributed by atoms with Crippen molar-refractivity contribution in [3.8, 4) is 6.07 Å². The number of hydrogen-bond acceptors (Lipinski definition) is 3. The number of carbonyl (C=O) groups excluding carboxylic acids is 1. The van der Waals surface area contributed by atoms with Crippen LogP contribution in [0.25, 0.3) is 0 Å². The molecule has 1 aliphatic rings. The van der Waals surface area contributed by atoms with Crippen LogP contribution in [0.4, 0.5) is 4.39 Å². The molecule has 0 aromatic heterocycles. The van der Waals surface area contributed by atoms with Gasteiger partial charge in [-0.2, -0.15) is 5.26 Å². The number of nitrogens with one attached hydrogen (secondary N) is 2. The minimum absolute atomic E-state index is 0.0827. The van der Waals surface area contributed by atoms with Crippen molar-refractivity contribution in [2.75, 3.05) is 6.54 Å². The predicted octanol–water partition coefficient (Wildman–Crippen LogP) is 1.07. The molecular formula is C13H14FN3O. The number of nitrogens with zero attached hydrogens (tertiary/aromatic N) is 1. The maximum Gasteiger partial charge on any atom is 0.220 e. The number of nitriles is 1. The molecule has 2 rings (SSSR count). The van der Waals surface area contributed by atoms with Gasteiger partial charge in [-0.05, 0) is 30.2 Å². The molecule has 0 aliphatic carbocycles. The molecule has 0 radical (unpaired) electrons. The van der Waals surface area contributed by atoms with Crippen molar-refractivity contribution in [1.29, 1.82) is 5.26 Å². The van der Waals surface area contributed by atoms with Crippen molar-refractivity contribution in [2.24, 2.45) is 0 Å². The third kappa shape index (κ3) is 3.28. The zero-order chi connectivity index (χ0) is 13.0. The topological polar surface area (TPSA) is 64.9 Å². The summed E-state index contributed by atoms with van der Waals surface area (Å²) in [6.45, 7) is 1.14. The first-order valence-corrected chi connectivity index (χ1v) is 5.87. The lowest BCUT2D eigenvalue weighted by molar-refractivity contribution is -0.119. The molecule has 1 unspecified atom stereocenters. The van der Waals surface area contributed by atoms with Crippen LogP contribution in [0, 0.1) is 17.1 Å². The molecule has 1 aliphatic heterocycles. The van der Waals surface area contributed by atoms with Crippen LogP contribution in [0.15, 0.2) is 18.2 Å². The summed E-state index contributed by atoms with van der Waals surface area (Å²) in [6, 6.07) is 6.34. The Morgan fingerprint density at radius 2 is 2.33 bits per heavy atom. The lowest BCUT2D eigenvalue weighted by Gasteiger charge is -2.11. The molecule has 0 saturated carbocycles. The standard InChI is InChI=1S/C13H14FN3O/c14-11-4-9(6-15)3-10(5-11)7-16-8-12-1-2-13(18)17-12/h3-5,12,16H,1-2,7-8H2,(H,17,18). The van der Waals surface area contributed by atoms with E-state index in [2.05, 4.69) is 10.6 Å². The van der Waals surface area contributed by atoms with E-state index >= 15 is 0 Å². The van der Waals surface area contributed by atoms with E-state index in [9.17, 15) is 9.18 Å². The summed E-state index contributed by atoms with van der Waals surface area (Å²) >= 11 is 0. The van der Waals surface area contributed by atoms with Crippen LogP contribution in [0.1, 0.15) is 24.0 Å². The second-order valence-electron chi connectivity index (χ2n) is 4.39. The van der Waals surface area contributed by atoms with Crippen LogP contribution < -0.4 is 10.6 Å². The summed E-state index contributed by atoms with van der Waals surface area (Å²) < 4.78 is 13.2. The number of benzene rings is 1. The first-order valence-electron chi connectivity index (χ1n) is 5.87. The van der Waals surface area contributed by atoms with Crippen molar-refractivity contribution < 1.29 is 9.18 Å². The number of hydrogen-bond donors (Lipinski definition) is 2. The summed E-state index contributed by atoms with van der Waals surface area (Å²) in [7, 11) is 0. The fourth-order valence-corrected chi connectivity index (χ4v) is 2.04. The molecule has 2 N–H and O–H groups in total. The zero-order valence-corrected chi connectivity index (χ0v) is 9.87. The molecule has 94 valence electrons. The van der Waals surface area contributed by atoms with Crippen LogP contribution in [-0.2, 0) is 11.3 Å². The Morgan fingerprint density at radius 1 is 1.50 bits per heavy atom. The quantitative estimate of drug-likeness (QED) is 0.836. The molecule has 0 bridgehead atoms. The fraction of sp³-hybridized carbons (Fsp3) is 0.385. The maximum absolute atomic E-state index is 13.2. The van der Waals surface area contributed by atoms with Gasteiger partial charge in [-0.3, -0.25) is 4.79 Å². The second-order valence-corrected chi connectivity index (χ2v) is 4.39. The minimum atomic E-state index is -0.403. The van der Waals surface area contributed by atoms with Crippen LogP contribution in [0.2, 0.25) is 0 Å². The summed E-state index contributed by atoms with van der Waals surface area (Å²) in [5, 5.41) is 14.7. The van der Waals surface area contributed by atoms with E-state index in [4.69, 9.17) is 5.26 Å². The van der Waals surface area contributed by atoms with Crippen LogP contribution in [0.3, 0.4) is 0 Å². The molecule has 1 amide bonds. The number of carbonyl (C=O) groups is 1. The Labute approximate surface area is 105 Å². The van der Waals surface area contributed by atoms with Crippen LogP contribution >= 0.6 is 0 Å². The lowest BCUT2D eigenvalue weighted by Crippen LogP contribution is -2.35. The first-order chi connectivity index (χ1) is 8.67. The second kappa shape index (κ2) is 5.61. The third-order valence-electron chi connectivity index (χ3n) is 2.89. The van der Waals surface area contributed by atoms with E-state index in [0.29, 0.717) is 25.1 Å². The zero-order valence-electron chi connectivity index (χ0n) is 9.87. The smallest absolute Gasteiger partial charge is 0.220 e. The van der Waals surface area contributed by atoms with E-state index in [1.165, 1.54) is 12.1 Å². The average molecular weight is 247 g/mol. The maximum atomic E-state index is 13.2. The normalized spacial score (nSPS) is 18.4. The monoisotopic (exact) mass is 247 g/mol. The van der Waals surface area contributed by atoms with Gasteiger partial charge in [-0.1, -0.05) is 0 Å². The summed E-state index contributed by atoms with van der Waals surface area (Å²) in [6.07, 6.45) is 1.41.